The molecule has 0 saturated heterocycles. The van der Waals surface area contributed by atoms with Gasteiger partial charge in [-0.3, -0.25) is 9.36 Å². The molecule has 28 heavy (non-hydrogen) atoms. The zero-order valence-corrected chi connectivity index (χ0v) is 15.6. The summed E-state index contributed by atoms with van der Waals surface area (Å²) in [5.74, 6) is 1.24. The van der Waals surface area contributed by atoms with Gasteiger partial charge in [0.05, 0.1) is 38.3 Å². The quantitative estimate of drug-likeness (QED) is 0.535. The summed E-state index contributed by atoms with van der Waals surface area (Å²) in [6.07, 6.45) is 1.56. The van der Waals surface area contributed by atoms with Gasteiger partial charge in [0, 0.05) is 5.56 Å². The van der Waals surface area contributed by atoms with E-state index >= 15 is 0 Å². The van der Waals surface area contributed by atoms with E-state index in [-0.39, 0.29) is 5.56 Å². The number of aromatic nitrogens is 3. The first-order chi connectivity index (χ1) is 13.7. The van der Waals surface area contributed by atoms with Crippen LogP contribution < -0.4 is 15.0 Å². The van der Waals surface area contributed by atoms with Crippen LogP contribution in [0.4, 0.5) is 0 Å². The Kier molecular flexibility index (Phi) is 4.76. The Bertz CT molecular complexity index is 1190. The van der Waals surface area contributed by atoms with Crippen molar-refractivity contribution in [2.24, 2.45) is 0 Å². The Morgan fingerprint density at radius 1 is 0.929 bits per heavy atom. The van der Waals surface area contributed by atoms with Crippen molar-refractivity contribution >= 4 is 11.0 Å². The Morgan fingerprint density at radius 2 is 1.71 bits per heavy atom. The molecular formula is C22H19N3O3. The number of hydrogen-bond donors (Lipinski definition) is 0. The average Bonchev–Trinajstić information content (AvgIpc) is 2.76. The molecule has 4 aromatic rings. The minimum Gasteiger partial charge on any atom is -0.493 e. The summed E-state index contributed by atoms with van der Waals surface area (Å²) in [4.78, 5) is 21.9. The standard InChI is InChI=1S/C22H19N3O3/c1-27-19-11-8-16(12-20(19)28-2)17-9-10-18-21(24-17)22(26)25(14-23-18)13-15-6-4-3-5-7-15/h3-12,14H,13H2,1-2H3. The number of fused-ring (bicyclic) bond motifs is 1. The number of benzene rings is 2. The van der Waals surface area contributed by atoms with E-state index < -0.39 is 0 Å². The predicted molar refractivity (Wildman–Crippen MR) is 108 cm³/mol. The van der Waals surface area contributed by atoms with Crippen LogP contribution >= 0.6 is 0 Å². The molecule has 0 unspecified atom stereocenters. The Balaban J connectivity index is 1.78. The van der Waals surface area contributed by atoms with Gasteiger partial charge in [0.2, 0.25) is 0 Å². The van der Waals surface area contributed by atoms with Crippen molar-refractivity contribution in [1.29, 1.82) is 0 Å². The molecule has 0 spiro atoms. The Labute approximate surface area is 162 Å². The first-order valence-electron chi connectivity index (χ1n) is 8.82. The molecule has 0 amide bonds. The van der Waals surface area contributed by atoms with Crippen molar-refractivity contribution in [3.8, 4) is 22.8 Å². The monoisotopic (exact) mass is 373 g/mol. The molecule has 6 heteroatoms. The number of nitrogens with zero attached hydrogens (tertiary/aromatic N) is 3. The van der Waals surface area contributed by atoms with Gasteiger partial charge in [-0.25, -0.2) is 9.97 Å². The predicted octanol–water partition coefficient (Wildman–Crippen LogP) is 3.52. The van der Waals surface area contributed by atoms with Crippen LogP contribution in [0.15, 0.2) is 71.8 Å². The van der Waals surface area contributed by atoms with Crippen molar-refractivity contribution in [2.45, 2.75) is 6.54 Å². The third-order valence-electron chi connectivity index (χ3n) is 4.55. The van der Waals surface area contributed by atoms with Gasteiger partial charge in [0.15, 0.2) is 17.0 Å². The number of methoxy groups -OCH3 is 2. The molecule has 0 bridgehead atoms. The van der Waals surface area contributed by atoms with Crippen molar-refractivity contribution in [1.82, 2.24) is 14.5 Å². The lowest BCUT2D eigenvalue weighted by Gasteiger charge is -2.10. The van der Waals surface area contributed by atoms with Gasteiger partial charge in [-0.1, -0.05) is 30.3 Å². The molecule has 0 N–H and O–H groups in total. The number of hydrogen-bond acceptors (Lipinski definition) is 5. The fourth-order valence-electron chi connectivity index (χ4n) is 3.08. The van der Waals surface area contributed by atoms with Gasteiger partial charge >= 0.3 is 0 Å². The second kappa shape index (κ2) is 7.52. The van der Waals surface area contributed by atoms with Crippen molar-refractivity contribution in [2.75, 3.05) is 14.2 Å². The second-order valence-electron chi connectivity index (χ2n) is 6.30. The maximum atomic E-state index is 13.0. The van der Waals surface area contributed by atoms with E-state index in [0.29, 0.717) is 34.8 Å². The lowest BCUT2D eigenvalue weighted by atomic mass is 10.1. The minimum absolute atomic E-state index is 0.170. The number of pyridine rings is 1. The first kappa shape index (κ1) is 17.7. The molecule has 4 rings (SSSR count). The normalized spacial score (nSPS) is 10.8. The molecule has 0 atom stereocenters. The van der Waals surface area contributed by atoms with Gasteiger partial charge in [-0.15, -0.1) is 0 Å². The van der Waals surface area contributed by atoms with Gasteiger partial charge in [-0.05, 0) is 35.9 Å². The van der Waals surface area contributed by atoms with Crippen LogP contribution in [0.3, 0.4) is 0 Å². The molecular weight excluding hydrogens is 354 g/mol. The number of rotatable bonds is 5. The fourth-order valence-corrected chi connectivity index (χ4v) is 3.08. The van der Waals surface area contributed by atoms with Crippen molar-refractivity contribution in [3.05, 3.63) is 82.9 Å². The summed E-state index contributed by atoms with van der Waals surface area (Å²) >= 11 is 0. The van der Waals surface area contributed by atoms with E-state index in [0.717, 1.165) is 11.1 Å². The molecule has 140 valence electrons. The minimum atomic E-state index is -0.170. The molecule has 0 saturated carbocycles. The summed E-state index contributed by atoms with van der Waals surface area (Å²) in [7, 11) is 3.17. The van der Waals surface area contributed by atoms with E-state index in [1.165, 1.54) is 0 Å². The highest BCUT2D eigenvalue weighted by atomic mass is 16.5. The summed E-state index contributed by atoms with van der Waals surface area (Å²) in [5.41, 5.74) is 3.27. The molecule has 0 aliphatic heterocycles. The third-order valence-corrected chi connectivity index (χ3v) is 4.55. The van der Waals surface area contributed by atoms with Gasteiger partial charge < -0.3 is 9.47 Å². The molecule has 0 aliphatic rings. The van der Waals surface area contributed by atoms with Crippen molar-refractivity contribution < 1.29 is 9.47 Å². The molecule has 2 heterocycles. The average molecular weight is 373 g/mol. The van der Waals surface area contributed by atoms with Crippen LogP contribution in [0, 0.1) is 0 Å². The van der Waals surface area contributed by atoms with Crippen molar-refractivity contribution in [3.63, 3.8) is 0 Å². The third kappa shape index (κ3) is 3.32. The molecule has 2 aromatic carbocycles. The Hall–Kier alpha value is -3.67. The summed E-state index contributed by atoms with van der Waals surface area (Å²) in [6, 6.07) is 19.0. The molecule has 0 fully saturated rings. The highest BCUT2D eigenvalue weighted by Crippen LogP contribution is 2.31. The van der Waals surface area contributed by atoms with E-state index in [4.69, 9.17) is 9.47 Å². The van der Waals surface area contributed by atoms with Gasteiger partial charge in [-0.2, -0.15) is 0 Å². The zero-order valence-electron chi connectivity index (χ0n) is 15.6. The van der Waals surface area contributed by atoms with Crippen LogP contribution in [0.1, 0.15) is 5.56 Å². The van der Waals surface area contributed by atoms with Crippen LogP contribution in [-0.4, -0.2) is 28.8 Å². The SMILES string of the molecule is COc1ccc(-c2ccc3ncn(Cc4ccccc4)c(=O)c3n2)cc1OC. The molecule has 0 aliphatic carbocycles. The van der Waals surface area contributed by atoms with Gasteiger partial charge in [0.25, 0.3) is 5.56 Å². The molecule has 0 radical (unpaired) electrons. The van der Waals surface area contributed by atoms with Crippen LogP contribution in [0.25, 0.3) is 22.3 Å². The summed E-state index contributed by atoms with van der Waals surface area (Å²) < 4.78 is 12.2. The van der Waals surface area contributed by atoms with Crippen LogP contribution in [0.2, 0.25) is 0 Å². The maximum Gasteiger partial charge on any atom is 0.280 e. The largest absolute Gasteiger partial charge is 0.493 e. The Morgan fingerprint density at radius 3 is 2.46 bits per heavy atom. The highest BCUT2D eigenvalue weighted by molar-refractivity contribution is 5.77. The van der Waals surface area contributed by atoms with Crippen LogP contribution in [-0.2, 0) is 6.54 Å². The zero-order chi connectivity index (χ0) is 19.5. The molecule has 6 nitrogen and oxygen atoms in total. The van der Waals surface area contributed by atoms with E-state index in [1.807, 2.05) is 60.7 Å². The second-order valence-corrected chi connectivity index (χ2v) is 6.30. The fraction of sp³-hybridized carbons (Fsp3) is 0.136. The topological polar surface area (TPSA) is 66.2 Å². The van der Waals surface area contributed by atoms with Gasteiger partial charge in [0.1, 0.15) is 0 Å². The summed E-state index contributed by atoms with van der Waals surface area (Å²) in [6.45, 7) is 0.449. The summed E-state index contributed by atoms with van der Waals surface area (Å²) in [5, 5.41) is 0. The van der Waals surface area contributed by atoms with Crippen LogP contribution in [0.5, 0.6) is 11.5 Å². The highest BCUT2D eigenvalue weighted by Gasteiger charge is 2.11. The van der Waals surface area contributed by atoms with E-state index in [2.05, 4.69) is 9.97 Å². The van der Waals surface area contributed by atoms with E-state index in [1.54, 1.807) is 25.1 Å². The first-order valence-corrected chi connectivity index (χ1v) is 8.82. The number of ether oxygens (including phenoxy) is 2. The smallest absolute Gasteiger partial charge is 0.280 e. The molecule has 2 aromatic heterocycles. The lowest BCUT2D eigenvalue weighted by molar-refractivity contribution is 0.355. The maximum absolute atomic E-state index is 13.0. The lowest BCUT2D eigenvalue weighted by Crippen LogP contribution is -2.22. The van der Waals surface area contributed by atoms with E-state index in [9.17, 15) is 4.79 Å².